The predicted molar refractivity (Wildman–Crippen MR) is 110 cm³/mol. The highest BCUT2D eigenvalue weighted by Gasteiger charge is 2.12. The van der Waals surface area contributed by atoms with E-state index in [-0.39, 0.29) is 5.56 Å². The summed E-state index contributed by atoms with van der Waals surface area (Å²) in [6.45, 7) is 7.80. The van der Waals surface area contributed by atoms with Crippen LogP contribution in [0.25, 0.3) is 27.1 Å². The van der Waals surface area contributed by atoms with E-state index in [0.717, 1.165) is 22.3 Å². The van der Waals surface area contributed by atoms with Gasteiger partial charge in [0.05, 0.1) is 19.3 Å². The highest BCUT2D eigenvalue weighted by atomic mass is 16.1. The summed E-state index contributed by atoms with van der Waals surface area (Å²) in [5.41, 5.74) is 5.27. The average molecular weight is 366 g/mol. The van der Waals surface area contributed by atoms with Gasteiger partial charge in [-0.1, -0.05) is 54.6 Å². The van der Waals surface area contributed by atoms with E-state index in [2.05, 4.69) is 22.1 Å². The predicted octanol–water partition coefficient (Wildman–Crippen LogP) is 4.51. The van der Waals surface area contributed by atoms with E-state index in [1.807, 2.05) is 53.6 Å². The number of nitrogens with zero attached hydrogens (tertiary/aromatic N) is 4. The van der Waals surface area contributed by atoms with Crippen LogP contribution in [0.15, 0.2) is 84.0 Å². The molecule has 0 spiro atoms. The Morgan fingerprint density at radius 2 is 1.71 bits per heavy atom. The zero-order valence-corrected chi connectivity index (χ0v) is 15.4. The molecule has 5 heteroatoms. The first-order valence-corrected chi connectivity index (χ1v) is 8.89. The van der Waals surface area contributed by atoms with E-state index >= 15 is 0 Å². The van der Waals surface area contributed by atoms with Gasteiger partial charge in [-0.15, -0.1) is 0 Å². The van der Waals surface area contributed by atoms with Crippen LogP contribution >= 0.6 is 0 Å². The van der Waals surface area contributed by atoms with Crippen molar-refractivity contribution in [3.8, 4) is 22.3 Å². The van der Waals surface area contributed by atoms with Crippen LogP contribution < -0.4 is 5.56 Å². The lowest BCUT2D eigenvalue weighted by Crippen LogP contribution is -2.15. The van der Waals surface area contributed by atoms with Gasteiger partial charge in [0.2, 0.25) is 0 Å². The van der Waals surface area contributed by atoms with Gasteiger partial charge in [0.1, 0.15) is 0 Å². The Morgan fingerprint density at radius 1 is 0.964 bits per heavy atom. The smallest absolute Gasteiger partial charge is 0.250 e. The van der Waals surface area contributed by atoms with Crippen LogP contribution in [0.1, 0.15) is 5.56 Å². The van der Waals surface area contributed by atoms with Crippen molar-refractivity contribution in [1.29, 1.82) is 0 Å². The number of benzene rings is 2. The lowest BCUT2D eigenvalue weighted by atomic mass is 9.98. The number of hydrogen-bond acceptors (Lipinski definition) is 2. The Balaban J connectivity index is 1.76. The molecule has 0 fully saturated rings. The molecule has 0 atom stereocenters. The maximum atomic E-state index is 12.3. The van der Waals surface area contributed by atoms with E-state index in [4.69, 9.17) is 6.57 Å². The lowest BCUT2D eigenvalue weighted by Gasteiger charge is -2.10. The summed E-state index contributed by atoms with van der Waals surface area (Å²) in [7, 11) is 1.74. The van der Waals surface area contributed by atoms with Gasteiger partial charge in [0, 0.05) is 36.6 Å². The third-order valence-corrected chi connectivity index (χ3v) is 4.67. The minimum atomic E-state index is -0.0790. The molecule has 28 heavy (non-hydrogen) atoms. The molecule has 5 nitrogen and oxygen atoms in total. The van der Waals surface area contributed by atoms with Crippen molar-refractivity contribution in [3.05, 3.63) is 107 Å². The molecule has 0 radical (unpaired) electrons. The second kappa shape index (κ2) is 7.37. The molecule has 0 aliphatic rings. The molecular weight excluding hydrogens is 348 g/mol. The van der Waals surface area contributed by atoms with Crippen LogP contribution in [-0.2, 0) is 13.6 Å². The molecular formula is C23H18N4O. The van der Waals surface area contributed by atoms with Gasteiger partial charge < -0.3 is 4.57 Å². The topological polar surface area (TPSA) is 44.2 Å². The number of aryl methyl sites for hydroxylation is 1. The van der Waals surface area contributed by atoms with Crippen molar-refractivity contribution in [2.24, 2.45) is 7.05 Å². The number of pyridine rings is 1. The van der Waals surface area contributed by atoms with E-state index in [1.165, 1.54) is 5.56 Å². The molecule has 0 N–H and O–H groups in total. The highest BCUT2D eigenvalue weighted by molar-refractivity contribution is 5.82. The fraction of sp³-hybridized carbons (Fsp3) is 0.0870. The van der Waals surface area contributed by atoms with Crippen LogP contribution in [0, 0.1) is 6.57 Å². The summed E-state index contributed by atoms with van der Waals surface area (Å²) < 4.78 is 3.46. The standard InChI is InChI=1S/C23H18N4O/c1-24-20-10-8-18(9-11-20)21-12-23(28)26(2)16-22(21)19-13-25-27(15-19)14-17-6-4-3-5-7-17/h3-13,15-16H,14H2,2H3. The van der Waals surface area contributed by atoms with E-state index in [9.17, 15) is 4.79 Å². The van der Waals surface area contributed by atoms with Gasteiger partial charge in [-0.3, -0.25) is 9.48 Å². The van der Waals surface area contributed by atoms with Gasteiger partial charge >= 0.3 is 0 Å². The van der Waals surface area contributed by atoms with Crippen molar-refractivity contribution >= 4 is 5.69 Å². The van der Waals surface area contributed by atoms with Crippen molar-refractivity contribution in [2.45, 2.75) is 6.54 Å². The summed E-state index contributed by atoms with van der Waals surface area (Å²) in [5, 5.41) is 4.49. The Kier molecular flexibility index (Phi) is 4.61. The van der Waals surface area contributed by atoms with Gasteiger partial charge in [-0.05, 0) is 16.7 Å². The van der Waals surface area contributed by atoms with Crippen molar-refractivity contribution < 1.29 is 0 Å². The molecule has 0 aliphatic heterocycles. The molecule has 4 aromatic rings. The number of aromatic nitrogens is 3. The highest BCUT2D eigenvalue weighted by Crippen LogP contribution is 2.31. The number of hydrogen-bond donors (Lipinski definition) is 0. The van der Waals surface area contributed by atoms with E-state index < -0.39 is 0 Å². The molecule has 2 aromatic carbocycles. The molecule has 0 amide bonds. The molecule has 0 saturated heterocycles. The fourth-order valence-electron chi connectivity index (χ4n) is 3.17. The SMILES string of the molecule is [C-]#[N+]c1ccc(-c2cc(=O)n(C)cc2-c2cnn(Cc3ccccc3)c2)cc1. The molecule has 0 aliphatic carbocycles. The third-order valence-electron chi connectivity index (χ3n) is 4.67. The summed E-state index contributed by atoms with van der Waals surface area (Å²) in [6, 6.07) is 19.1. The van der Waals surface area contributed by atoms with Crippen LogP contribution in [-0.4, -0.2) is 14.3 Å². The summed E-state index contributed by atoms with van der Waals surface area (Å²) >= 11 is 0. The monoisotopic (exact) mass is 366 g/mol. The second-order valence-electron chi connectivity index (χ2n) is 6.62. The summed E-state index contributed by atoms with van der Waals surface area (Å²) in [4.78, 5) is 15.7. The summed E-state index contributed by atoms with van der Waals surface area (Å²) in [6.07, 6.45) is 5.65. The van der Waals surface area contributed by atoms with Crippen LogP contribution in [0.3, 0.4) is 0 Å². The second-order valence-corrected chi connectivity index (χ2v) is 6.62. The zero-order chi connectivity index (χ0) is 19.5. The Bertz CT molecular complexity index is 1210. The minimum absolute atomic E-state index is 0.0790. The largest absolute Gasteiger partial charge is 0.318 e. The molecule has 0 saturated carbocycles. The molecule has 4 rings (SSSR count). The maximum Gasteiger partial charge on any atom is 0.250 e. The molecule has 0 bridgehead atoms. The summed E-state index contributed by atoms with van der Waals surface area (Å²) in [5.74, 6) is 0. The van der Waals surface area contributed by atoms with Crippen molar-refractivity contribution in [1.82, 2.24) is 14.3 Å². The zero-order valence-electron chi connectivity index (χ0n) is 15.4. The van der Waals surface area contributed by atoms with Gasteiger partial charge in [0.25, 0.3) is 5.56 Å². The van der Waals surface area contributed by atoms with Crippen LogP contribution in [0.4, 0.5) is 5.69 Å². The fourth-order valence-corrected chi connectivity index (χ4v) is 3.17. The van der Waals surface area contributed by atoms with Crippen molar-refractivity contribution in [2.75, 3.05) is 0 Å². The maximum absolute atomic E-state index is 12.3. The molecule has 0 unspecified atom stereocenters. The first kappa shape index (κ1) is 17.5. The molecule has 2 heterocycles. The van der Waals surface area contributed by atoms with Crippen molar-refractivity contribution in [3.63, 3.8) is 0 Å². The van der Waals surface area contributed by atoms with Gasteiger partial charge in [-0.25, -0.2) is 4.85 Å². The van der Waals surface area contributed by atoms with Crippen LogP contribution in [0.5, 0.6) is 0 Å². The third kappa shape index (κ3) is 3.49. The minimum Gasteiger partial charge on any atom is -0.318 e. The first-order chi connectivity index (χ1) is 13.6. The Labute approximate surface area is 162 Å². The Morgan fingerprint density at radius 3 is 2.43 bits per heavy atom. The quantitative estimate of drug-likeness (QED) is 0.499. The molecule has 2 aromatic heterocycles. The number of rotatable bonds is 4. The van der Waals surface area contributed by atoms with E-state index in [1.54, 1.807) is 29.8 Å². The average Bonchev–Trinajstić information content (AvgIpc) is 3.19. The van der Waals surface area contributed by atoms with Gasteiger partial charge in [-0.2, -0.15) is 5.10 Å². The van der Waals surface area contributed by atoms with Crippen LogP contribution in [0.2, 0.25) is 0 Å². The van der Waals surface area contributed by atoms with E-state index in [0.29, 0.717) is 12.2 Å². The Hall–Kier alpha value is -3.91. The normalized spacial score (nSPS) is 10.6. The molecule has 136 valence electrons. The van der Waals surface area contributed by atoms with Gasteiger partial charge in [0.15, 0.2) is 5.69 Å². The first-order valence-electron chi connectivity index (χ1n) is 8.89. The lowest BCUT2D eigenvalue weighted by molar-refractivity contribution is 0.687.